The molecule has 1 unspecified atom stereocenters. The largest absolute Gasteiger partial charge is 1.00 e. The van der Waals surface area contributed by atoms with Crippen LogP contribution in [0.25, 0.3) is 0 Å². The van der Waals surface area contributed by atoms with Crippen molar-refractivity contribution >= 4 is 20.8 Å². The number of hydrogen-bond donors (Lipinski definition) is 1. The molecule has 0 bridgehead atoms. The van der Waals surface area contributed by atoms with Crippen molar-refractivity contribution < 1.29 is 98.5 Å². The predicted molar refractivity (Wildman–Crippen MR) is 111 cm³/mol. The minimum atomic E-state index is -5.43. The van der Waals surface area contributed by atoms with Crippen molar-refractivity contribution in [1.82, 2.24) is 0 Å². The maximum atomic E-state index is 9.29. The van der Waals surface area contributed by atoms with Crippen molar-refractivity contribution in [1.29, 1.82) is 0 Å². The standard InChI is InChI=1S/C14H30.C4H10O2.2Na.H2O7S2/c1-3-5-7-9-11-13-14-12-10-8-6-4-2;1-3-6-4(2)5;;;1-8(2,3)7-9(4,5)6/h3-14H2,1-2H3;4-5H,3H2,1-2H3;;;(H,1,2,3)(H,4,5,6)/q;;2*+1;/p-2. The molecule has 13 heteroatoms. The second kappa shape index (κ2) is 29.7. The minimum absolute atomic E-state index is 0. The van der Waals surface area contributed by atoms with Gasteiger partial charge < -0.3 is 18.9 Å². The molecule has 0 heterocycles. The van der Waals surface area contributed by atoms with E-state index in [0.717, 1.165) is 0 Å². The summed E-state index contributed by atoms with van der Waals surface area (Å²) in [6.07, 6.45) is 16.8. The van der Waals surface area contributed by atoms with Gasteiger partial charge >= 0.3 is 59.1 Å². The maximum absolute atomic E-state index is 9.29. The Labute approximate surface area is 234 Å². The minimum Gasteiger partial charge on any atom is -0.725 e. The SMILES string of the molecule is CCCCCCCCCCCCCC.CCOC(C)O.O=S(=O)([O-])OS(=O)(=O)[O-].[Na+].[Na+]. The van der Waals surface area contributed by atoms with Crippen LogP contribution in [0.15, 0.2) is 0 Å². The zero-order chi connectivity index (χ0) is 23.2. The first-order valence-electron chi connectivity index (χ1n) is 10.3. The summed E-state index contributed by atoms with van der Waals surface area (Å²) in [4.78, 5) is 0. The van der Waals surface area contributed by atoms with E-state index < -0.39 is 27.1 Å². The van der Waals surface area contributed by atoms with E-state index in [2.05, 4.69) is 22.2 Å². The van der Waals surface area contributed by atoms with Crippen LogP contribution in [0.3, 0.4) is 0 Å². The van der Waals surface area contributed by atoms with Crippen LogP contribution < -0.4 is 59.1 Å². The van der Waals surface area contributed by atoms with Gasteiger partial charge in [0.1, 0.15) is 0 Å². The molecule has 0 saturated heterocycles. The van der Waals surface area contributed by atoms with Gasteiger partial charge in [-0.25, -0.2) is 16.8 Å². The Morgan fingerprint density at radius 2 is 0.935 bits per heavy atom. The third-order valence-corrected chi connectivity index (χ3v) is 4.86. The molecule has 0 saturated carbocycles. The summed E-state index contributed by atoms with van der Waals surface area (Å²) in [7, 11) is -10.9. The van der Waals surface area contributed by atoms with E-state index in [4.69, 9.17) is 5.11 Å². The Hall–Kier alpha value is 1.70. The molecule has 0 spiro atoms. The fraction of sp³-hybridized carbons (Fsp3) is 1.00. The van der Waals surface area contributed by atoms with Crippen LogP contribution >= 0.6 is 0 Å². The Balaban J connectivity index is -0.000000115. The van der Waals surface area contributed by atoms with Gasteiger partial charge in [-0.15, -0.1) is 0 Å². The molecule has 0 aromatic rings. The summed E-state index contributed by atoms with van der Waals surface area (Å²) in [5.41, 5.74) is 0. The van der Waals surface area contributed by atoms with Crippen molar-refractivity contribution in [3.63, 3.8) is 0 Å². The zero-order valence-corrected chi connectivity index (χ0v) is 25.9. The Bertz CT molecular complexity index is 486. The average Bonchev–Trinajstić information content (AvgIpc) is 2.54. The molecule has 31 heavy (non-hydrogen) atoms. The molecule has 0 amide bonds. The van der Waals surface area contributed by atoms with Gasteiger partial charge in [-0.2, -0.15) is 3.63 Å². The number of hydrogen-bond acceptors (Lipinski definition) is 9. The van der Waals surface area contributed by atoms with E-state index in [0.29, 0.717) is 6.61 Å². The van der Waals surface area contributed by atoms with Gasteiger partial charge in [0, 0.05) is 6.61 Å². The second-order valence-electron chi connectivity index (χ2n) is 6.47. The normalized spacial score (nSPS) is 11.6. The predicted octanol–water partition coefficient (Wildman–Crippen LogP) is -2.00. The molecule has 0 rings (SSSR count). The van der Waals surface area contributed by atoms with Gasteiger partial charge in [-0.3, -0.25) is 0 Å². The monoisotopic (exact) mass is 510 g/mol. The molecule has 0 fully saturated rings. The number of aliphatic hydroxyl groups is 1. The van der Waals surface area contributed by atoms with Crippen molar-refractivity contribution in [3.05, 3.63) is 0 Å². The summed E-state index contributed by atoms with van der Waals surface area (Å²) < 4.78 is 62.8. The van der Waals surface area contributed by atoms with E-state index in [1.165, 1.54) is 77.0 Å². The van der Waals surface area contributed by atoms with Crippen LogP contribution in [0.1, 0.15) is 105 Å². The fourth-order valence-electron chi connectivity index (χ4n) is 2.26. The molecule has 0 aliphatic carbocycles. The third-order valence-electron chi connectivity index (χ3n) is 3.53. The van der Waals surface area contributed by atoms with Gasteiger partial charge in [0.2, 0.25) is 20.8 Å². The molecule has 1 atom stereocenters. The van der Waals surface area contributed by atoms with Crippen LogP contribution in [-0.2, 0) is 29.2 Å². The first kappa shape index (κ1) is 42.8. The van der Waals surface area contributed by atoms with Gasteiger partial charge in [0.15, 0.2) is 6.29 Å². The molecule has 0 aromatic carbocycles. The summed E-state index contributed by atoms with van der Waals surface area (Å²) in [5.74, 6) is 0. The number of rotatable bonds is 15. The summed E-state index contributed by atoms with van der Waals surface area (Å²) in [6.45, 7) is 8.58. The van der Waals surface area contributed by atoms with Crippen LogP contribution in [0, 0.1) is 0 Å². The van der Waals surface area contributed by atoms with E-state index in [1.807, 2.05) is 6.92 Å². The van der Waals surface area contributed by atoms with Gasteiger partial charge in [0.25, 0.3) is 0 Å². The molecule has 0 aromatic heterocycles. The fourth-order valence-corrected chi connectivity index (χ4v) is 3.07. The van der Waals surface area contributed by atoms with Crippen LogP contribution in [0.2, 0.25) is 0 Å². The molecule has 180 valence electrons. The summed E-state index contributed by atoms with van der Waals surface area (Å²) in [5, 5.41) is 8.33. The van der Waals surface area contributed by atoms with Crippen LogP contribution in [-0.4, -0.2) is 43.9 Å². The van der Waals surface area contributed by atoms with E-state index in [9.17, 15) is 25.9 Å². The topological polar surface area (TPSA) is 153 Å². The second-order valence-corrected chi connectivity index (χ2v) is 8.65. The first-order valence-corrected chi connectivity index (χ1v) is 13.0. The van der Waals surface area contributed by atoms with Crippen molar-refractivity contribution in [2.24, 2.45) is 0 Å². The van der Waals surface area contributed by atoms with Gasteiger partial charge in [-0.1, -0.05) is 90.9 Å². The summed E-state index contributed by atoms with van der Waals surface area (Å²) >= 11 is 0. The third kappa shape index (κ3) is 59.4. The van der Waals surface area contributed by atoms with Crippen molar-refractivity contribution in [2.75, 3.05) is 6.61 Å². The van der Waals surface area contributed by atoms with Gasteiger partial charge in [0.05, 0.1) is 0 Å². The zero-order valence-electron chi connectivity index (χ0n) is 20.3. The number of unbranched alkanes of at least 4 members (excludes halogenated alkanes) is 11. The molecular formula is C18H40Na2O9S2. The Kier molecular flexibility index (Phi) is 41.1. The molecule has 0 radical (unpaired) electrons. The molecule has 0 aliphatic rings. The summed E-state index contributed by atoms with van der Waals surface area (Å²) in [6, 6.07) is 0. The first-order chi connectivity index (χ1) is 13.4. The Morgan fingerprint density at radius 3 is 1.03 bits per heavy atom. The van der Waals surface area contributed by atoms with Crippen molar-refractivity contribution in [3.8, 4) is 0 Å². The maximum Gasteiger partial charge on any atom is 1.00 e. The van der Waals surface area contributed by atoms with Crippen LogP contribution in [0.4, 0.5) is 0 Å². The van der Waals surface area contributed by atoms with E-state index >= 15 is 0 Å². The van der Waals surface area contributed by atoms with E-state index in [-0.39, 0.29) is 59.1 Å². The Morgan fingerprint density at radius 1 is 0.677 bits per heavy atom. The number of ether oxygens (including phenoxy) is 1. The molecule has 0 aliphatic heterocycles. The van der Waals surface area contributed by atoms with Crippen molar-refractivity contribution in [2.45, 2.75) is 111 Å². The van der Waals surface area contributed by atoms with Gasteiger partial charge in [-0.05, 0) is 13.8 Å². The number of aliphatic hydroxyl groups excluding tert-OH is 1. The molecule has 9 nitrogen and oxygen atoms in total. The van der Waals surface area contributed by atoms with E-state index in [1.54, 1.807) is 6.92 Å². The molecular weight excluding hydrogens is 470 g/mol. The van der Waals surface area contributed by atoms with Crippen LogP contribution in [0.5, 0.6) is 0 Å². The quantitative estimate of drug-likeness (QED) is 0.0866. The molecule has 1 N–H and O–H groups in total. The average molecular weight is 511 g/mol. The smallest absolute Gasteiger partial charge is 0.725 e.